The molecule has 2 aliphatic heterocycles. The first kappa shape index (κ1) is 26.9. The summed E-state index contributed by atoms with van der Waals surface area (Å²) in [5, 5.41) is 0. The number of piperazine rings is 1. The van der Waals surface area contributed by atoms with Crippen LogP contribution in [0.25, 0.3) is 11.3 Å². The number of pyridine rings is 1. The number of anilines is 1. The molecule has 39 heavy (non-hydrogen) atoms. The first-order valence-electron chi connectivity index (χ1n) is 13.1. The van der Waals surface area contributed by atoms with Crippen molar-refractivity contribution in [2.75, 3.05) is 50.5 Å². The summed E-state index contributed by atoms with van der Waals surface area (Å²) in [6.45, 7) is 4.88. The molecule has 0 spiro atoms. The van der Waals surface area contributed by atoms with Gasteiger partial charge in [0.15, 0.2) is 0 Å². The van der Waals surface area contributed by atoms with Crippen LogP contribution in [0.5, 0.6) is 5.75 Å². The minimum atomic E-state index is -0.704. The molecule has 3 aromatic rings. The van der Waals surface area contributed by atoms with Crippen molar-refractivity contribution in [3.8, 4) is 28.8 Å². The molecule has 0 bridgehead atoms. The zero-order chi connectivity index (χ0) is 27.4. The molecule has 202 valence electrons. The Balaban J connectivity index is 1.38. The van der Waals surface area contributed by atoms with E-state index in [9.17, 15) is 9.35 Å². The summed E-state index contributed by atoms with van der Waals surface area (Å²) in [5.74, 6) is 8.77. The Morgan fingerprint density at radius 3 is 2.64 bits per heavy atom. The fourth-order valence-electron chi connectivity index (χ4n) is 5.07. The van der Waals surface area contributed by atoms with E-state index in [0.29, 0.717) is 48.4 Å². The maximum absolute atomic E-state index is 13.5. The van der Waals surface area contributed by atoms with Gasteiger partial charge in [-0.25, -0.2) is 15.0 Å². The summed E-state index contributed by atoms with van der Waals surface area (Å²) < 4.78 is 17.5. The van der Waals surface area contributed by atoms with Crippen LogP contribution in [0, 0.1) is 11.8 Å². The number of carbonyl (C=O) groups is 1. The van der Waals surface area contributed by atoms with Gasteiger partial charge in [-0.05, 0) is 30.7 Å². The van der Waals surface area contributed by atoms with Gasteiger partial charge >= 0.3 is 0 Å². The number of nitrogens with two attached hydrogens (primary N) is 1. The average molecular weight is 545 g/mol. The molecule has 9 nitrogen and oxygen atoms in total. The maximum Gasteiger partial charge on any atom is 0.257 e. The van der Waals surface area contributed by atoms with Gasteiger partial charge in [-0.1, -0.05) is 36.0 Å². The summed E-state index contributed by atoms with van der Waals surface area (Å²) in [6.07, 6.45) is 4.84. The van der Waals surface area contributed by atoms with Crippen LogP contribution < -0.4 is 10.5 Å². The number of aromatic nitrogens is 3. The Kier molecular flexibility index (Phi) is 8.31. The van der Waals surface area contributed by atoms with Gasteiger partial charge in [-0.3, -0.25) is 9.69 Å². The highest BCUT2D eigenvalue weighted by molar-refractivity contribution is 7.91. The number of carbonyl (C=O) groups excluding carboxylic acids is 1. The summed E-state index contributed by atoms with van der Waals surface area (Å²) in [4.78, 5) is 30.8. The number of benzene rings is 1. The molecule has 2 aromatic heterocycles. The van der Waals surface area contributed by atoms with Gasteiger partial charge in [0.1, 0.15) is 29.4 Å². The predicted octanol–water partition coefficient (Wildman–Crippen LogP) is 2.37. The number of amides is 1. The van der Waals surface area contributed by atoms with E-state index in [1.54, 1.807) is 25.4 Å². The van der Waals surface area contributed by atoms with Crippen LogP contribution >= 0.6 is 0 Å². The minimum absolute atomic E-state index is 0.0548. The molecule has 2 saturated heterocycles. The lowest BCUT2D eigenvalue weighted by atomic mass is 10.0. The maximum atomic E-state index is 13.5. The third kappa shape index (κ3) is 6.01. The van der Waals surface area contributed by atoms with E-state index in [1.165, 1.54) is 6.33 Å². The Hall–Kier alpha value is -3.65. The quantitative estimate of drug-likeness (QED) is 0.384. The van der Waals surface area contributed by atoms with Crippen LogP contribution in [0.15, 0.2) is 42.9 Å². The monoisotopic (exact) mass is 544 g/mol. The van der Waals surface area contributed by atoms with Crippen molar-refractivity contribution in [1.29, 1.82) is 0 Å². The molecule has 4 heterocycles. The Morgan fingerprint density at radius 1 is 1.15 bits per heavy atom. The van der Waals surface area contributed by atoms with Gasteiger partial charge in [0.2, 0.25) is 0 Å². The summed E-state index contributed by atoms with van der Waals surface area (Å²) in [5.41, 5.74) is 9.97. The van der Waals surface area contributed by atoms with E-state index in [1.807, 2.05) is 30.0 Å². The molecular weight excluding hydrogens is 512 g/mol. The number of nitrogens with zero attached hydrogens (tertiary/aromatic N) is 5. The molecule has 5 rings (SSSR count). The average Bonchev–Trinajstić information content (AvgIpc) is 3.42. The molecule has 0 aliphatic carbocycles. The molecule has 0 radical (unpaired) electrons. The van der Waals surface area contributed by atoms with Crippen LogP contribution in [0.2, 0.25) is 0 Å². The Bertz CT molecular complexity index is 1400. The molecule has 1 aromatic carbocycles. The standard InChI is InChI=1S/C29H32N6O3S/c1-3-25-23(7-4-20-5-9-27(30)31-17-20)28(33-19-32-25)21-6-8-24(26(16-21)38-2)29(36)35-13-11-34(12-14-35)22-10-15-39(37)18-22/h5-6,8-9,16-17,19,22H,3,10-15,18H2,1-2H3,(H2,30,31). The van der Waals surface area contributed by atoms with E-state index in [2.05, 4.69) is 31.7 Å². The zero-order valence-corrected chi connectivity index (χ0v) is 23.0. The highest BCUT2D eigenvalue weighted by Crippen LogP contribution is 2.30. The van der Waals surface area contributed by atoms with Crippen molar-refractivity contribution < 1.29 is 14.1 Å². The van der Waals surface area contributed by atoms with Crippen molar-refractivity contribution >= 4 is 22.9 Å². The number of hydrogen-bond donors (Lipinski definition) is 1. The fourth-order valence-corrected chi connectivity index (χ4v) is 6.57. The predicted molar refractivity (Wildman–Crippen MR) is 152 cm³/mol. The van der Waals surface area contributed by atoms with Crippen molar-refractivity contribution in [2.24, 2.45) is 0 Å². The topological polar surface area (TPSA) is 121 Å². The second-order valence-corrected chi connectivity index (χ2v) is 11.2. The second-order valence-electron chi connectivity index (χ2n) is 9.62. The van der Waals surface area contributed by atoms with Gasteiger partial charge in [-0.2, -0.15) is 0 Å². The van der Waals surface area contributed by atoms with Crippen LogP contribution in [-0.2, 0) is 17.6 Å². The third-order valence-electron chi connectivity index (χ3n) is 7.26. The van der Waals surface area contributed by atoms with Crippen molar-refractivity contribution in [3.05, 3.63) is 65.2 Å². The van der Waals surface area contributed by atoms with Gasteiger partial charge in [0.25, 0.3) is 5.91 Å². The lowest BCUT2D eigenvalue weighted by Gasteiger charge is -2.37. The number of ether oxygens (including phenoxy) is 1. The molecule has 2 unspecified atom stereocenters. The lowest BCUT2D eigenvalue weighted by Crippen LogP contribution is -2.52. The lowest BCUT2D eigenvalue weighted by molar-refractivity contribution is 0.0585. The van der Waals surface area contributed by atoms with Crippen molar-refractivity contribution in [2.45, 2.75) is 25.8 Å². The molecule has 2 aliphatic rings. The Labute approximate surface area is 232 Å². The molecule has 10 heteroatoms. The molecule has 1 amide bonds. The van der Waals surface area contributed by atoms with Gasteiger partial charge in [-0.15, -0.1) is 0 Å². The van der Waals surface area contributed by atoms with E-state index >= 15 is 0 Å². The molecule has 2 atom stereocenters. The summed E-state index contributed by atoms with van der Waals surface area (Å²) in [7, 11) is 1.57. The number of hydrogen-bond acceptors (Lipinski definition) is 8. The van der Waals surface area contributed by atoms with Crippen LogP contribution in [0.3, 0.4) is 0 Å². The summed E-state index contributed by atoms with van der Waals surface area (Å²) >= 11 is -0.704. The van der Waals surface area contributed by atoms with Gasteiger partial charge in [0, 0.05) is 49.9 Å². The van der Waals surface area contributed by atoms with E-state index in [4.69, 9.17) is 10.5 Å². The number of rotatable bonds is 5. The highest BCUT2D eigenvalue weighted by atomic mass is 32.2. The molecular formula is C29H32N6O3S. The largest absolute Gasteiger partial charge is 0.616 e. The van der Waals surface area contributed by atoms with Crippen LogP contribution in [0.4, 0.5) is 5.82 Å². The third-order valence-corrected chi connectivity index (χ3v) is 8.71. The smallest absolute Gasteiger partial charge is 0.257 e. The van der Waals surface area contributed by atoms with E-state index in [-0.39, 0.29) is 5.91 Å². The Morgan fingerprint density at radius 2 is 1.97 bits per heavy atom. The highest BCUT2D eigenvalue weighted by Gasteiger charge is 2.34. The van der Waals surface area contributed by atoms with Crippen LogP contribution in [0.1, 0.15) is 40.5 Å². The van der Waals surface area contributed by atoms with E-state index in [0.717, 1.165) is 53.4 Å². The number of methoxy groups -OCH3 is 1. The minimum Gasteiger partial charge on any atom is -0.616 e. The molecule has 2 fully saturated rings. The normalized spacial score (nSPS) is 19.4. The van der Waals surface area contributed by atoms with Crippen LogP contribution in [-0.4, -0.2) is 86.0 Å². The molecule has 0 saturated carbocycles. The first-order valence-corrected chi connectivity index (χ1v) is 14.6. The van der Waals surface area contributed by atoms with Gasteiger partial charge in [0.05, 0.1) is 35.7 Å². The van der Waals surface area contributed by atoms with E-state index < -0.39 is 11.2 Å². The van der Waals surface area contributed by atoms with Gasteiger partial charge < -0.3 is 19.9 Å². The zero-order valence-electron chi connectivity index (χ0n) is 22.2. The molecule has 2 N–H and O–H groups in total. The van der Waals surface area contributed by atoms with Crippen molar-refractivity contribution in [1.82, 2.24) is 24.8 Å². The number of nitrogen functional groups attached to an aromatic ring is 1. The fraction of sp³-hybridized carbons (Fsp3) is 0.379. The number of aryl methyl sites for hydroxylation is 1. The van der Waals surface area contributed by atoms with Crippen molar-refractivity contribution in [3.63, 3.8) is 0 Å². The summed E-state index contributed by atoms with van der Waals surface area (Å²) in [6, 6.07) is 9.43. The second kappa shape index (κ2) is 12.0. The first-order chi connectivity index (χ1) is 19.0. The SMILES string of the molecule is CCc1ncnc(-c2ccc(C(=O)N3CCN(C4CC[S+]([O-])C4)CC3)c(OC)c2)c1C#Cc1ccc(N)nc1.